The molecule has 11 nitrogen and oxygen atoms in total. The molecule has 5 rings (SSSR count). The molecule has 1 aromatic carbocycles. The molecule has 178 valence electrons. The third kappa shape index (κ3) is 4.25. The molecule has 35 heavy (non-hydrogen) atoms. The van der Waals surface area contributed by atoms with Crippen molar-refractivity contribution in [2.24, 2.45) is 0 Å². The number of aryl methyl sites for hydroxylation is 1. The summed E-state index contributed by atoms with van der Waals surface area (Å²) in [5, 5.41) is 13.0. The fourth-order valence-electron chi connectivity index (χ4n) is 4.22. The van der Waals surface area contributed by atoms with Crippen molar-refractivity contribution in [2.75, 3.05) is 5.32 Å². The van der Waals surface area contributed by atoms with Crippen LogP contribution in [0, 0.1) is 12.7 Å². The van der Waals surface area contributed by atoms with Crippen molar-refractivity contribution in [1.82, 2.24) is 30.2 Å². The van der Waals surface area contributed by atoms with Crippen molar-refractivity contribution < 1.29 is 23.6 Å². The number of halogens is 1. The maximum atomic E-state index is 13.5. The first-order valence-corrected chi connectivity index (χ1v) is 10.9. The van der Waals surface area contributed by atoms with Crippen LogP contribution in [0.4, 0.5) is 10.1 Å². The molecule has 2 aliphatic rings. The van der Waals surface area contributed by atoms with Gasteiger partial charge in [0.05, 0.1) is 17.6 Å². The van der Waals surface area contributed by atoms with Crippen LogP contribution in [0.3, 0.4) is 0 Å². The first-order valence-electron chi connectivity index (χ1n) is 10.9. The average Bonchev–Trinajstić information content (AvgIpc) is 3.41. The molecule has 2 aromatic heterocycles. The zero-order chi connectivity index (χ0) is 24.7. The summed E-state index contributed by atoms with van der Waals surface area (Å²) in [6.07, 6.45) is 1.94. The van der Waals surface area contributed by atoms with Gasteiger partial charge in [-0.1, -0.05) is 11.3 Å². The molecule has 1 unspecified atom stereocenters. The van der Waals surface area contributed by atoms with Crippen LogP contribution in [0.1, 0.15) is 34.5 Å². The van der Waals surface area contributed by atoms with Gasteiger partial charge in [-0.15, -0.1) is 5.10 Å². The van der Waals surface area contributed by atoms with E-state index in [1.807, 2.05) is 0 Å². The minimum Gasteiger partial charge on any atom is -0.324 e. The number of pyridine rings is 1. The number of carbonyl (C=O) groups is 4. The molecule has 1 atom stereocenters. The van der Waals surface area contributed by atoms with Gasteiger partial charge in [-0.2, -0.15) is 0 Å². The maximum absolute atomic E-state index is 13.5. The van der Waals surface area contributed by atoms with E-state index in [4.69, 9.17) is 0 Å². The zero-order valence-corrected chi connectivity index (χ0v) is 18.6. The molecular weight excluding hydrogens is 457 g/mol. The summed E-state index contributed by atoms with van der Waals surface area (Å²) in [6.45, 7) is 1.53. The standard InChI is InChI=1S/C23H20FN7O4/c1-12-15(24)5-6-17(25-12)18-10-30(29-28-18)11-21(33)26-16-4-2-3-13-14(16)9-31(23(13)35)19-7-8-20(32)27-22(19)34/h2-6,10,19H,7-9,11H2,1H3,(H,26,33)(H,27,32,34). The number of anilines is 1. The maximum Gasteiger partial charge on any atom is 0.255 e. The monoisotopic (exact) mass is 477 g/mol. The van der Waals surface area contributed by atoms with Gasteiger partial charge in [0, 0.05) is 29.8 Å². The predicted octanol–water partition coefficient (Wildman–Crippen LogP) is 1.19. The second-order valence-corrected chi connectivity index (χ2v) is 8.34. The van der Waals surface area contributed by atoms with Gasteiger partial charge in [0.25, 0.3) is 5.91 Å². The lowest BCUT2D eigenvalue weighted by Gasteiger charge is -2.29. The van der Waals surface area contributed by atoms with Gasteiger partial charge in [0.15, 0.2) is 0 Å². The van der Waals surface area contributed by atoms with Crippen LogP contribution in [0.15, 0.2) is 36.5 Å². The number of fused-ring (bicyclic) bond motifs is 1. The van der Waals surface area contributed by atoms with Crippen molar-refractivity contribution in [3.05, 3.63) is 59.2 Å². The average molecular weight is 477 g/mol. The smallest absolute Gasteiger partial charge is 0.255 e. The van der Waals surface area contributed by atoms with Crippen LogP contribution in [0.25, 0.3) is 11.4 Å². The number of rotatable bonds is 5. The summed E-state index contributed by atoms with van der Waals surface area (Å²) in [4.78, 5) is 54.9. The molecule has 3 aromatic rings. The fraction of sp³-hybridized carbons (Fsp3) is 0.261. The van der Waals surface area contributed by atoms with Crippen molar-refractivity contribution >= 4 is 29.3 Å². The van der Waals surface area contributed by atoms with Crippen LogP contribution < -0.4 is 10.6 Å². The summed E-state index contributed by atoms with van der Waals surface area (Å²) >= 11 is 0. The topological polar surface area (TPSA) is 139 Å². The first-order chi connectivity index (χ1) is 16.8. The van der Waals surface area contributed by atoms with E-state index in [0.29, 0.717) is 28.2 Å². The minimum absolute atomic E-state index is 0.139. The third-order valence-corrected chi connectivity index (χ3v) is 5.98. The van der Waals surface area contributed by atoms with Crippen molar-refractivity contribution in [2.45, 2.75) is 38.9 Å². The van der Waals surface area contributed by atoms with Gasteiger partial charge in [-0.3, -0.25) is 24.5 Å². The van der Waals surface area contributed by atoms with Crippen molar-refractivity contribution in [3.8, 4) is 11.4 Å². The fourth-order valence-corrected chi connectivity index (χ4v) is 4.22. The van der Waals surface area contributed by atoms with Gasteiger partial charge in [0.1, 0.15) is 24.1 Å². The molecule has 4 heterocycles. The zero-order valence-electron chi connectivity index (χ0n) is 18.6. The van der Waals surface area contributed by atoms with E-state index in [9.17, 15) is 23.6 Å². The predicted molar refractivity (Wildman–Crippen MR) is 119 cm³/mol. The largest absolute Gasteiger partial charge is 0.324 e. The molecule has 1 saturated heterocycles. The molecule has 2 N–H and O–H groups in total. The molecule has 0 bridgehead atoms. The lowest BCUT2D eigenvalue weighted by Crippen LogP contribution is -2.52. The Hall–Kier alpha value is -4.48. The number of aromatic nitrogens is 4. The number of carbonyl (C=O) groups excluding carboxylic acids is 4. The Bertz CT molecular complexity index is 1390. The molecular formula is C23H20FN7O4. The van der Waals surface area contributed by atoms with Gasteiger partial charge in [0.2, 0.25) is 17.7 Å². The first kappa shape index (κ1) is 22.3. The highest BCUT2D eigenvalue weighted by atomic mass is 19.1. The Labute approximate surface area is 198 Å². The summed E-state index contributed by atoms with van der Waals surface area (Å²) in [5.41, 5.74) is 2.50. The Balaban J connectivity index is 1.29. The Morgan fingerprint density at radius 3 is 2.80 bits per heavy atom. The highest BCUT2D eigenvalue weighted by Crippen LogP contribution is 2.32. The highest BCUT2D eigenvalue weighted by molar-refractivity contribution is 6.06. The van der Waals surface area contributed by atoms with Crippen LogP contribution >= 0.6 is 0 Å². The number of hydrogen-bond donors (Lipinski definition) is 2. The van der Waals surface area contributed by atoms with Crippen LogP contribution in [-0.2, 0) is 27.5 Å². The summed E-state index contributed by atoms with van der Waals surface area (Å²) in [6, 6.07) is 6.99. The van der Waals surface area contributed by atoms with Crippen LogP contribution in [0.5, 0.6) is 0 Å². The highest BCUT2D eigenvalue weighted by Gasteiger charge is 2.39. The lowest BCUT2D eigenvalue weighted by molar-refractivity contribution is -0.137. The number of nitrogens with zero attached hydrogens (tertiary/aromatic N) is 5. The third-order valence-electron chi connectivity index (χ3n) is 5.98. The minimum atomic E-state index is -0.742. The summed E-state index contributed by atoms with van der Waals surface area (Å²) in [5.74, 6) is -2.00. The van der Waals surface area contributed by atoms with Crippen molar-refractivity contribution in [1.29, 1.82) is 0 Å². The lowest BCUT2D eigenvalue weighted by atomic mass is 10.0. The molecule has 1 fully saturated rings. The van der Waals surface area contributed by atoms with E-state index in [1.165, 1.54) is 27.9 Å². The van der Waals surface area contributed by atoms with Crippen molar-refractivity contribution in [3.63, 3.8) is 0 Å². The Morgan fingerprint density at radius 1 is 1.20 bits per heavy atom. The normalized spacial score (nSPS) is 17.4. The van der Waals surface area contributed by atoms with E-state index >= 15 is 0 Å². The molecule has 0 saturated carbocycles. The summed E-state index contributed by atoms with van der Waals surface area (Å²) < 4.78 is 14.8. The number of imide groups is 1. The van der Waals surface area contributed by atoms with E-state index in [-0.39, 0.29) is 43.4 Å². The second kappa shape index (κ2) is 8.70. The molecule has 4 amide bonds. The quantitative estimate of drug-likeness (QED) is 0.526. The van der Waals surface area contributed by atoms with Crippen LogP contribution in [0.2, 0.25) is 0 Å². The van der Waals surface area contributed by atoms with Gasteiger partial charge in [-0.25, -0.2) is 14.1 Å². The molecule has 0 spiro atoms. The summed E-state index contributed by atoms with van der Waals surface area (Å²) in [7, 11) is 0. The Morgan fingerprint density at radius 2 is 2.03 bits per heavy atom. The number of amides is 4. The SMILES string of the molecule is Cc1nc(-c2cn(CC(=O)Nc3cccc4c3CN(C3CCC(=O)NC3=O)C4=O)nn2)ccc1F. The number of benzene rings is 1. The molecule has 2 aliphatic heterocycles. The number of piperidine rings is 1. The Kier molecular flexibility index (Phi) is 5.55. The molecule has 12 heteroatoms. The molecule has 0 aliphatic carbocycles. The van der Waals surface area contributed by atoms with E-state index in [1.54, 1.807) is 25.1 Å². The number of nitrogens with one attached hydrogen (secondary N) is 2. The van der Waals surface area contributed by atoms with E-state index in [2.05, 4.69) is 25.9 Å². The van der Waals surface area contributed by atoms with Gasteiger partial charge < -0.3 is 10.2 Å². The van der Waals surface area contributed by atoms with E-state index < -0.39 is 23.7 Å². The van der Waals surface area contributed by atoms with Crippen LogP contribution in [-0.4, -0.2) is 54.5 Å². The van der Waals surface area contributed by atoms with Gasteiger partial charge >= 0.3 is 0 Å². The second-order valence-electron chi connectivity index (χ2n) is 8.34. The van der Waals surface area contributed by atoms with E-state index in [0.717, 1.165) is 0 Å². The molecule has 0 radical (unpaired) electrons. The van der Waals surface area contributed by atoms with Gasteiger partial charge in [-0.05, 0) is 37.6 Å². The number of hydrogen-bond acceptors (Lipinski definition) is 7.